The molecule has 0 atom stereocenters. The summed E-state index contributed by atoms with van der Waals surface area (Å²) in [7, 11) is 0. The van der Waals surface area contributed by atoms with Crippen molar-refractivity contribution in [3.8, 4) is 0 Å². The molecule has 0 aromatic heterocycles. The van der Waals surface area contributed by atoms with E-state index in [-0.39, 0.29) is 11.8 Å². The summed E-state index contributed by atoms with van der Waals surface area (Å²) < 4.78 is 0. The van der Waals surface area contributed by atoms with Crippen LogP contribution in [0.2, 0.25) is 0 Å². The van der Waals surface area contributed by atoms with Gasteiger partial charge in [0, 0.05) is 36.6 Å². The third-order valence-corrected chi connectivity index (χ3v) is 5.55. The lowest BCUT2D eigenvalue weighted by Crippen LogP contribution is -2.51. The summed E-state index contributed by atoms with van der Waals surface area (Å²) in [6.45, 7) is 4.32. The van der Waals surface area contributed by atoms with Gasteiger partial charge in [-0.2, -0.15) is 0 Å². The Morgan fingerprint density at radius 3 is 2.15 bits per heavy atom. The summed E-state index contributed by atoms with van der Waals surface area (Å²) in [6.07, 6.45) is 2.46. The molecular formula is C21H24N2O2S. The summed E-state index contributed by atoms with van der Waals surface area (Å²) >= 11 is 1.69. The Bertz CT molecular complexity index is 781. The molecular weight excluding hydrogens is 344 g/mol. The van der Waals surface area contributed by atoms with E-state index in [1.54, 1.807) is 11.8 Å². The molecule has 1 saturated heterocycles. The number of amides is 2. The molecule has 26 heavy (non-hydrogen) atoms. The van der Waals surface area contributed by atoms with E-state index in [1.165, 1.54) is 4.90 Å². The fourth-order valence-corrected chi connectivity index (χ4v) is 3.58. The monoisotopic (exact) mass is 368 g/mol. The molecule has 0 bridgehead atoms. The van der Waals surface area contributed by atoms with Crippen LogP contribution in [0.3, 0.4) is 0 Å². The maximum absolute atomic E-state index is 12.7. The number of rotatable bonds is 4. The second-order valence-electron chi connectivity index (χ2n) is 6.51. The SMILES string of the molecule is CSc1ccc(CC(=O)N2CCN(C(=O)c3ccccc3C)CC2)cc1. The number of carbonyl (C=O) groups excluding carboxylic acids is 2. The number of benzene rings is 2. The zero-order valence-corrected chi connectivity index (χ0v) is 16.1. The standard InChI is InChI=1S/C21H24N2O2S/c1-16-5-3-4-6-19(16)21(25)23-13-11-22(12-14-23)20(24)15-17-7-9-18(26-2)10-8-17/h3-10H,11-15H2,1-2H3. The van der Waals surface area contributed by atoms with Crippen LogP contribution in [0.25, 0.3) is 0 Å². The Morgan fingerprint density at radius 1 is 0.923 bits per heavy atom. The second-order valence-corrected chi connectivity index (χ2v) is 7.39. The molecule has 0 unspecified atom stereocenters. The van der Waals surface area contributed by atoms with Crippen LogP contribution in [-0.4, -0.2) is 54.0 Å². The zero-order chi connectivity index (χ0) is 18.5. The largest absolute Gasteiger partial charge is 0.339 e. The Hall–Kier alpha value is -2.27. The van der Waals surface area contributed by atoms with E-state index in [2.05, 4.69) is 0 Å². The van der Waals surface area contributed by atoms with E-state index in [0.717, 1.165) is 16.7 Å². The van der Waals surface area contributed by atoms with Crippen molar-refractivity contribution in [1.82, 2.24) is 9.80 Å². The molecule has 1 heterocycles. The number of hydrogen-bond acceptors (Lipinski definition) is 3. The van der Waals surface area contributed by atoms with Gasteiger partial charge in [-0.1, -0.05) is 30.3 Å². The third kappa shape index (κ3) is 4.28. The topological polar surface area (TPSA) is 40.6 Å². The second kappa shape index (κ2) is 8.41. The smallest absolute Gasteiger partial charge is 0.254 e. The first-order valence-corrected chi connectivity index (χ1v) is 10.1. The van der Waals surface area contributed by atoms with Crippen LogP contribution in [0.1, 0.15) is 21.5 Å². The summed E-state index contributed by atoms with van der Waals surface area (Å²) in [5.41, 5.74) is 2.78. The highest BCUT2D eigenvalue weighted by Crippen LogP contribution is 2.16. The van der Waals surface area contributed by atoms with Gasteiger partial charge in [-0.3, -0.25) is 9.59 Å². The lowest BCUT2D eigenvalue weighted by molar-refractivity contribution is -0.131. The van der Waals surface area contributed by atoms with Gasteiger partial charge in [0.05, 0.1) is 6.42 Å². The number of thioether (sulfide) groups is 1. The van der Waals surface area contributed by atoms with Crippen LogP contribution >= 0.6 is 11.8 Å². The van der Waals surface area contributed by atoms with Crippen LogP contribution < -0.4 is 0 Å². The lowest BCUT2D eigenvalue weighted by Gasteiger charge is -2.35. The van der Waals surface area contributed by atoms with E-state index in [9.17, 15) is 9.59 Å². The van der Waals surface area contributed by atoms with Gasteiger partial charge in [0.2, 0.25) is 5.91 Å². The molecule has 1 fully saturated rings. The van der Waals surface area contributed by atoms with Crippen molar-refractivity contribution in [2.45, 2.75) is 18.2 Å². The first-order valence-electron chi connectivity index (χ1n) is 8.84. The van der Waals surface area contributed by atoms with Crippen molar-refractivity contribution in [3.05, 3.63) is 65.2 Å². The number of aryl methyl sites for hydroxylation is 1. The van der Waals surface area contributed by atoms with Gasteiger partial charge in [0.25, 0.3) is 5.91 Å². The molecule has 1 aliphatic heterocycles. The molecule has 2 amide bonds. The number of piperazine rings is 1. The third-order valence-electron chi connectivity index (χ3n) is 4.81. The highest BCUT2D eigenvalue weighted by molar-refractivity contribution is 7.98. The van der Waals surface area contributed by atoms with E-state index in [1.807, 2.05) is 71.5 Å². The molecule has 2 aromatic rings. The maximum atomic E-state index is 12.7. The predicted molar refractivity (Wildman–Crippen MR) is 106 cm³/mol. The Balaban J connectivity index is 1.55. The van der Waals surface area contributed by atoms with Gasteiger partial charge in [0.1, 0.15) is 0 Å². The molecule has 0 aliphatic carbocycles. The zero-order valence-electron chi connectivity index (χ0n) is 15.3. The molecule has 0 spiro atoms. The van der Waals surface area contributed by atoms with E-state index in [0.29, 0.717) is 32.6 Å². The molecule has 3 rings (SSSR count). The van der Waals surface area contributed by atoms with Crippen molar-refractivity contribution in [2.75, 3.05) is 32.4 Å². The average molecular weight is 369 g/mol. The molecule has 136 valence electrons. The molecule has 5 heteroatoms. The minimum atomic E-state index is 0.0582. The van der Waals surface area contributed by atoms with Crippen molar-refractivity contribution in [3.63, 3.8) is 0 Å². The number of nitrogens with zero attached hydrogens (tertiary/aromatic N) is 2. The number of hydrogen-bond donors (Lipinski definition) is 0. The van der Waals surface area contributed by atoms with Gasteiger partial charge in [0.15, 0.2) is 0 Å². The Labute approximate surface area is 159 Å². The first kappa shape index (κ1) is 18.5. The van der Waals surface area contributed by atoms with Gasteiger partial charge in [-0.05, 0) is 42.5 Å². The van der Waals surface area contributed by atoms with E-state index < -0.39 is 0 Å². The van der Waals surface area contributed by atoms with Crippen molar-refractivity contribution < 1.29 is 9.59 Å². The summed E-state index contributed by atoms with van der Waals surface area (Å²) in [5, 5.41) is 0. The van der Waals surface area contributed by atoms with Crippen LogP contribution in [-0.2, 0) is 11.2 Å². The first-order chi connectivity index (χ1) is 12.6. The van der Waals surface area contributed by atoms with Gasteiger partial charge >= 0.3 is 0 Å². The molecule has 0 saturated carbocycles. The summed E-state index contributed by atoms with van der Waals surface area (Å²) in [4.78, 5) is 30.1. The highest BCUT2D eigenvalue weighted by atomic mass is 32.2. The molecule has 2 aromatic carbocycles. The molecule has 1 aliphatic rings. The van der Waals surface area contributed by atoms with Crippen LogP contribution in [0.15, 0.2) is 53.4 Å². The number of carbonyl (C=O) groups is 2. The van der Waals surface area contributed by atoms with E-state index in [4.69, 9.17) is 0 Å². The fraction of sp³-hybridized carbons (Fsp3) is 0.333. The van der Waals surface area contributed by atoms with Crippen LogP contribution in [0.4, 0.5) is 0 Å². The normalized spacial score (nSPS) is 14.4. The summed E-state index contributed by atoms with van der Waals surface area (Å²) in [6, 6.07) is 15.8. The predicted octanol–water partition coefficient (Wildman–Crippen LogP) is 3.24. The summed E-state index contributed by atoms with van der Waals surface area (Å²) in [5.74, 6) is 0.188. The lowest BCUT2D eigenvalue weighted by atomic mass is 10.1. The highest BCUT2D eigenvalue weighted by Gasteiger charge is 2.25. The van der Waals surface area contributed by atoms with Crippen molar-refractivity contribution in [1.29, 1.82) is 0 Å². The minimum Gasteiger partial charge on any atom is -0.339 e. The quantitative estimate of drug-likeness (QED) is 0.778. The van der Waals surface area contributed by atoms with Crippen LogP contribution in [0, 0.1) is 6.92 Å². The van der Waals surface area contributed by atoms with Crippen molar-refractivity contribution in [2.24, 2.45) is 0 Å². The van der Waals surface area contributed by atoms with Crippen molar-refractivity contribution >= 4 is 23.6 Å². The van der Waals surface area contributed by atoms with Gasteiger partial charge in [-0.15, -0.1) is 11.8 Å². The van der Waals surface area contributed by atoms with Gasteiger partial charge < -0.3 is 9.80 Å². The molecule has 0 radical (unpaired) electrons. The minimum absolute atomic E-state index is 0.0582. The van der Waals surface area contributed by atoms with Crippen LogP contribution in [0.5, 0.6) is 0 Å². The average Bonchev–Trinajstić information content (AvgIpc) is 2.68. The molecule has 0 N–H and O–H groups in total. The fourth-order valence-electron chi connectivity index (χ4n) is 3.17. The Kier molecular flexibility index (Phi) is 5.99. The molecule has 4 nitrogen and oxygen atoms in total. The maximum Gasteiger partial charge on any atom is 0.254 e. The Morgan fingerprint density at radius 2 is 1.54 bits per heavy atom. The van der Waals surface area contributed by atoms with E-state index >= 15 is 0 Å². The van der Waals surface area contributed by atoms with Gasteiger partial charge in [-0.25, -0.2) is 0 Å².